The summed E-state index contributed by atoms with van der Waals surface area (Å²) in [5, 5.41) is 17.1. The molecule has 9 nitrogen and oxygen atoms in total. The van der Waals surface area contributed by atoms with Crippen LogP contribution in [-0.4, -0.2) is 51.2 Å². The van der Waals surface area contributed by atoms with Crippen LogP contribution in [0.1, 0.15) is 52.6 Å². The van der Waals surface area contributed by atoms with Crippen LogP contribution in [0.2, 0.25) is 0 Å². The fourth-order valence-corrected chi connectivity index (χ4v) is 4.15. The SMILES string of the molecule is [2H][C@@]1(C(=O)O[C@H](C)CC(N)=O)C[C@H]2C[C@@H](CCc3nn[nH]n3)CC[C@H]2CN1. The lowest BCUT2D eigenvalue weighted by molar-refractivity contribution is -0.153. The number of amides is 1. The molecule has 0 radical (unpaired) electrons. The number of nitrogens with one attached hydrogen (secondary N) is 2. The molecule has 0 aromatic carbocycles. The lowest BCUT2D eigenvalue weighted by Crippen LogP contribution is -2.50. The van der Waals surface area contributed by atoms with Gasteiger partial charge < -0.3 is 15.8 Å². The maximum absolute atomic E-state index is 12.5. The largest absolute Gasteiger partial charge is 0.461 e. The molecule has 5 atom stereocenters. The highest BCUT2D eigenvalue weighted by Crippen LogP contribution is 2.40. The number of aryl methyl sites for hydroxylation is 1. The Morgan fingerprint density at radius 2 is 2.23 bits per heavy atom. The molecule has 4 N–H and O–H groups in total. The number of carbonyl (C=O) groups is 2. The minimum Gasteiger partial charge on any atom is -0.461 e. The van der Waals surface area contributed by atoms with Crippen LogP contribution in [0.25, 0.3) is 0 Å². The van der Waals surface area contributed by atoms with E-state index in [0.717, 1.165) is 37.9 Å². The second-order valence-electron chi connectivity index (χ2n) is 7.52. The molecule has 0 spiro atoms. The van der Waals surface area contributed by atoms with E-state index in [1.807, 2.05) is 0 Å². The number of rotatable bonds is 7. The van der Waals surface area contributed by atoms with Crippen LogP contribution in [0.15, 0.2) is 0 Å². The van der Waals surface area contributed by atoms with Crippen LogP contribution in [0.4, 0.5) is 0 Å². The zero-order valence-corrected chi connectivity index (χ0v) is 15.1. The van der Waals surface area contributed by atoms with Gasteiger partial charge in [0, 0.05) is 6.42 Å². The van der Waals surface area contributed by atoms with Gasteiger partial charge in [0.25, 0.3) is 0 Å². The van der Waals surface area contributed by atoms with Crippen molar-refractivity contribution in [3.63, 3.8) is 0 Å². The number of aromatic nitrogens is 4. The average Bonchev–Trinajstić information content (AvgIpc) is 3.12. The first-order chi connectivity index (χ1) is 12.9. The van der Waals surface area contributed by atoms with E-state index in [0.29, 0.717) is 30.7 Å². The molecule has 3 rings (SSSR count). The number of H-pyrrole nitrogens is 1. The predicted octanol–water partition coefficient (Wildman–Crippen LogP) is 0.334. The van der Waals surface area contributed by atoms with Gasteiger partial charge in [0.15, 0.2) is 5.82 Å². The summed E-state index contributed by atoms with van der Waals surface area (Å²) in [6.07, 6.45) is 4.78. The van der Waals surface area contributed by atoms with Crippen LogP contribution < -0.4 is 11.1 Å². The fraction of sp³-hybridized carbons (Fsp3) is 0.824. The highest BCUT2D eigenvalue weighted by Gasteiger charge is 2.38. The van der Waals surface area contributed by atoms with Gasteiger partial charge in [-0.3, -0.25) is 9.59 Å². The van der Waals surface area contributed by atoms with Crippen molar-refractivity contribution in [3.8, 4) is 0 Å². The number of hydrogen-bond acceptors (Lipinski definition) is 7. The summed E-state index contributed by atoms with van der Waals surface area (Å²) >= 11 is 0. The first-order valence-corrected chi connectivity index (χ1v) is 9.32. The minimum absolute atomic E-state index is 0.0357. The third-order valence-corrected chi connectivity index (χ3v) is 5.50. The molecule has 0 bridgehead atoms. The van der Waals surface area contributed by atoms with E-state index in [4.69, 9.17) is 11.8 Å². The van der Waals surface area contributed by atoms with Crippen LogP contribution in [0, 0.1) is 17.8 Å². The Kier molecular flexibility index (Phi) is 5.73. The molecule has 1 aliphatic heterocycles. The summed E-state index contributed by atoms with van der Waals surface area (Å²) in [5.41, 5.74) is 5.14. The van der Waals surface area contributed by atoms with E-state index in [1.165, 1.54) is 0 Å². The molecule has 26 heavy (non-hydrogen) atoms. The Balaban J connectivity index is 1.53. The van der Waals surface area contributed by atoms with E-state index in [-0.39, 0.29) is 6.42 Å². The monoisotopic (exact) mass is 365 g/mol. The van der Waals surface area contributed by atoms with Gasteiger partial charge in [-0.25, -0.2) is 0 Å². The number of hydrogen-bond donors (Lipinski definition) is 3. The first kappa shape index (κ1) is 17.4. The smallest absolute Gasteiger partial charge is 0.323 e. The molecule has 9 heteroatoms. The number of aromatic amines is 1. The Morgan fingerprint density at radius 1 is 1.38 bits per heavy atom. The topological polar surface area (TPSA) is 136 Å². The summed E-state index contributed by atoms with van der Waals surface area (Å²) in [6.45, 7) is 2.26. The Hall–Kier alpha value is -2.03. The molecule has 1 aromatic rings. The zero-order chi connectivity index (χ0) is 19.4. The molecule has 144 valence electrons. The highest BCUT2D eigenvalue weighted by atomic mass is 16.5. The number of esters is 1. The van der Waals surface area contributed by atoms with E-state index in [1.54, 1.807) is 6.92 Å². The Bertz CT molecular complexity index is 657. The lowest BCUT2D eigenvalue weighted by Gasteiger charge is -2.42. The van der Waals surface area contributed by atoms with E-state index >= 15 is 0 Å². The number of fused-ring (bicyclic) bond motifs is 1. The summed E-state index contributed by atoms with van der Waals surface area (Å²) in [7, 11) is 0. The van der Waals surface area contributed by atoms with Gasteiger partial charge in [-0.15, -0.1) is 10.2 Å². The number of carbonyl (C=O) groups excluding carboxylic acids is 2. The summed E-state index contributed by atoms with van der Waals surface area (Å²) < 4.78 is 13.9. The molecule has 1 amide bonds. The second kappa shape index (κ2) is 8.57. The molecule has 2 fully saturated rings. The van der Waals surface area contributed by atoms with Gasteiger partial charge in [-0.2, -0.15) is 5.21 Å². The van der Waals surface area contributed by atoms with Gasteiger partial charge in [0.2, 0.25) is 5.91 Å². The van der Waals surface area contributed by atoms with Crippen molar-refractivity contribution in [2.45, 2.75) is 64.0 Å². The van der Waals surface area contributed by atoms with Crippen LogP contribution in [0.3, 0.4) is 0 Å². The Morgan fingerprint density at radius 3 is 2.96 bits per heavy atom. The maximum Gasteiger partial charge on any atom is 0.323 e. The van der Waals surface area contributed by atoms with Crippen molar-refractivity contribution in [2.75, 3.05) is 6.54 Å². The maximum atomic E-state index is 12.5. The van der Waals surface area contributed by atoms with E-state index in [2.05, 4.69) is 25.9 Å². The number of primary amides is 1. The standard InChI is InChI=1S/C17H28N6O3/c1-10(6-15(18)24)26-17(25)14-8-13-7-11(2-4-12(13)9-19-14)3-5-16-20-22-23-21-16/h10-14,19H,2-9H2,1H3,(H2,18,24)(H,20,21,22,23)/t10-,11-,12+,13-,14+/m1/s1/i14D. The van der Waals surface area contributed by atoms with Crippen LogP contribution in [0.5, 0.6) is 0 Å². The second-order valence-corrected chi connectivity index (χ2v) is 7.52. The predicted molar refractivity (Wildman–Crippen MR) is 92.6 cm³/mol. The van der Waals surface area contributed by atoms with Crippen molar-refractivity contribution in [2.24, 2.45) is 23.5 Å². The molecule has 2 heterocycles. The zero-order valence-electron chi connectivity index (χ0n) is 16.1. The molecular weight excluding hydrogens is 336 g/mol. The number of tetrazole rings is 1. The van der Waals surface area contributed by atoms with Crippen molar-refractivity contribution in [1.82, 2.24) is 25.9 Å². The van der Waals surface area contributed by atoms with Crippen molar-refractivity contribution in [3.05, 3.63) is 5.82 Å². The van der Waals surface area contributed by atoms with Crippen LogP contribution in [-0.2, 0) is 20.7 Å². The molecule has 1 saturated heterocycles. The van der Waals surface area contributed by atoms with Gasteiger partial charge >= 0.3 is 5.97 Å². The fourth-order valence-electron chi connectivity index (χ4n) is 4.15. The Labute approximate surface area is 154 Å². The molecule has 1 aromatic heterocycles. The number of nitrogens with two attached hydrogens (primary N) is 1. The molecule has 1 saturated carbocycles. The highest BCUT2D eigenvalue weighted by molar-refractivity contribution is 5.77. The average molecular weight is 365 g/mol. The van der Waals surface area contributed by atoms with E-state index in [9.17, 15) is 9.59 Å². The third-order valence-electron chi connectivity index (χ3n) is 5.50. The van der Waals surface area contributed by atoms with Gasteiger partial charge in [-0.05, 0) is 56.9 Å². The number of nitrogens with zero attached hydrogens (tertiary/aromatic N) is 3. The van der Waals surface area contributed by atoms with Gasteiger partial charge in [0.05, 0.1) is 7.79 Å². The normalized spacial score (nSPS) is 33.0. The number of ether oxygens (including phenoxy) is 1. The van der Waals surface area contributed by atoms with E-state index < -0.39 is 24.0 Å². The van der Waals surface area contributed by atoms with Crippen molar-refractivity contribution in [1.29, 1.82) is 0 Å². The summed E-state index contributed by atoms with van der Waals surface area (Å²) in [5.74, 6) is 0.917. The third kappa shape index (κ3) is 5.00. The lowest BCUT2D eigenvalue weighted by atomic mass is 9.69. The summed E-state index contributed by atoms with van der Waals surface area (Å²) in [4.78, 5) is 23.5. The van der Waals surface area contributed by atoms with Gasteiger partial charge in [-0.1, -0.05) is 11.6 Å². The van der Waals surface area contributed by atoms with Crippen molar-refractivity contribution >= 4 is 11.9 Å². The number of piperidine rings is 1. The first-order valence-electron chi connectivity index (χ1n) is 9.82. The molecular formula is C17H28N6O3. The van der Waals surface area contributed by atoms with Crippen LogP contribution >= 0.6 is 0 Å². The van der Waals surface area contributed by atoms with Gasteiger partial charge in [0.1, 0.15) is 12.1 Å². The molecule has 0 unspecified atom stereocenters. The quantitative estimate of drug-likeness (QED) is 0.592. The molecule has 2 aliphatic rings. The minimum atomic E-state index is -1.46. The molecule has 1 aliphatic carbocycles. The van der Waals surface area contributed by atoms with Crippen molar-refractivity contribution < 1.29 is 15.7 Å². The summed E-state index contributed by atoms with van der Waals surface area (Å²) in [6, 6.07) is -1.46.